The third-order valence-corrected chi connectivity index (χ3v) is 2.57. The summed E-state index contributed by atoms with van der Waals surface area (Å²) in [6, 6.07) is 5.56. The Morgan fingerprint density at radius 2 is 2.10 bits per heavy atom. The van der Waals surface area contributed by atoms with E-state index in [1.165, 1.54) is 37.6 Å². The van der Waals surface area contributed by atoms with Gasteiger partial charge in [-0.15, -0.1) is 0 Å². The highest BCUT2D eigenvalue weighted by Crippen LogP contribution is 2.28. The molecule has 2 rings (SSSR count). The highest BCUT2D eigenvalue weighted by atomic mass is 19.1. The molecule has 0 atom stereocenters. The molecule has 0 aliphatic carbocycles. The van der Waals surface area contributed by atoms with Crippen molar-refractivity contribution in [2.24, 2.45) is 0 Å². The fourth-order valence-corrected chi connectivity index (χ4v) is 1.62. The minimum atomic E-state index is -1.06. The number of halogens is 1. The van der Waals surface area contributed by atoms with Crippen molar-refractivity contribution in [2.75, 3.05) is 7.11 Å². The number of carboxylic acid groups (broad SMARTS) is 1. The van der Waals surface area contributed by atoms with Gasteiger partial charge in [0, 0.05) is 11.8 Å². The summed E-state index contributed by atoms with van der Waals surface area (Å²) in [5, 5.41) is 8.94. The van der Waals surface area contributed by atoms with Crippen LogP contribution in [-0.2, 0) is 6.61 Å². The van der Waals surface area contributed by atoms with Gasteiger partial charge in [-0.3, -0.25) is 4.98 Å². The SMILES string of the molecule is COc1ccc(C(=O)O)cc1OCc1cncc(F)c1. The third-order valence-electron chi connectivity index (χ3n) is 2.57. The van der Waals surface area contributed by atoms with Crippen LogP contribution in [0.15, 0.2) is 36.7 Å². The highest BCUT2D eigenvalue weighted by Gasteiger charge is 2.10. The van der Waals surface area contributed by atoms with E-state index in [0.717, 1.165) is 6.20 Å². The molecule has 1 N–H and O–H groups in total. The van der Waals surface area contributed by atoms with Gasteiger partial charge in [-0.2, -0.15) is 0 Å². The Bertz CT molecular complexity index is 630. The summed E-state index contributed by atoms with van der Waals surface area (Å²) in [7, 11) is 1.45. The van der Waals surface area contributed by atoms with Crippen LogP contribution in [0.5, 0.6) is 11.5 Å². The Morgan fingerprint density at radius 1 is 1.30 bits per heavy atom. The van der Waals surface area contributed by atoms with E-state index in [4.69, 9.17) is 14.6 Å². The van der Waals surface area contributed by atoms with E-state index in [1.807, 2.05) is 0 Å². The Hall–Kier alpha value is -2.63. The number of aromatic nitrogens is 1. The molecule has 0 fully saturated rings. The van der Waals surface area contributed by atoms with Crippen LogP contribution in [0, 0.1) is 5.82 Å². The average molecular weight is 277 g/mol. The standard InChI is InChI=1S/C14H12FNO4/c1-19-12-3-2-10(14(17)18)5-13(12)20-8-9-4-11(15)7-16-6-9/h2-7H,8H2,1H3,(H,17,18). The number of carbonyl (C=O) groups is 1. The van der Waals surface area contributed by atoms with Crippen LogP contribution < -0.4 is 9.47 Å². The third kappa shape index (κ3) is 3.23. The van der Waals surface area contributed by atoms with Crippen LogP contribution in [0.2, 0.25) is 0 Å². The predicted molar refractivity (Wildman–Crippen MR) is 68.5 cm³/mol. The highest BCUT2D eigenvalue weighted by molar-refractivity contribution is 5.88. The Labute approximate surface area is 114 Å². The van der Waals surface area contributed by atoms with Gasteiger partial charge in [0.2, 0.25) is 0 Å². The molecular formula is C14H12FNO4. The Kier molecular flexibility index (Phi) is 4.14. The van der Waals surface area contributed by atoms with Gasteiger partial charge in [-0.1, -0.05) is 0 Å². The van der Waals surface area contributed by atoms with Gasteiger partial charge in [0.15, 0.2) is 11.5 Å². The molecule has 0 aliphatic rings. The number of benzene rings is 1. The van der Waals surface area contributed by atoms with Crippen molar-refractivity contribution in [3.8, 4) is 11.5 Å². The quantitative estimate of drug-likeness (QED) is 0.909. The molecule has 1 aromatic carbocycles. The number of aromatic carboxylic acids is 1. The number of ether oxygens (including phenoxy) is 2. The first-order valence-electron chi connectivity index (χ1n) is 5.73. The molecule has 2 aromatic rings. The van der Waals surface area contributed by atoms with Crippen molar-refractivity contribution in [1.29, 1.82) is 0 Å². The molecule has 5 nitrogen and oxygen atoms in total. The minimum Gasteiger partial charge on any atom is -0.493 e. The fraction of sp³-hybridized carbons (Fsp3) is 0.143. The second kappa shape index (κ2) is 6.01. The lowest BCUT2D eigenvalue weighted by Gasteiger charge is -2.11. The summed E-state index contributed by atoms with van der Waals surface area (Å²) in [4.78, 5) is 14.6. The molecule has 1 aromatic heterocycles. The zero-order valence-electron chi connectivity index (χ0n) is 10.7. The number of carboxylic acids is 1. The van der Waals surface area contributed by atoms with E-state index in [9.17, 15) is 9.18 Å². The number of rotatable bonds is 5. The smallest absolute Gasteiger partial charge is 0.335 e. The molecule has 0 amide bonds. The van der Waals surface area contributed by atoms with Gasteiger partial charge in [-0.05, 0) is 24.3 Å². The predicted octanol–water partition coefficient (Wildman–Crippen LogP) is 2.51. The second-order valence-corrected chi connectivity index (χ2v) is 3.97. The van der Waals surface area contributed by atoms with E-state index in [0.29, 0.717) is 11.3 Å². The topological polar surface area (TPSA) is 68.7 Å². The van der Waals surface area contributed by atoms with Gasteiger partial charge in [-0.25, -0.2) is 9.18 Å². The number of methoxy groups -OCH3 is 1. The molecule has 0 unspecified atom stereocenters. The second-order valence-electron chi connectivity index (χ2n) is 3.97. The van der Waals surface area contributed by atoms with Crippen LogP contribution in [0.25, 0.3) is 0 Å². The van der Waals surface area contributed by atoms with Gasteiger partial charge in [0.1, 0.15) is 12.4 Å². The molecule has 0 spiro atoms. The van der Waals surface area contributed by atoms with Gasteiger partial charge in [0.05, 0.1) is 18.9 Å². The van der Waals surface area contributed by atoms with Crippen LogP contribution in [-0.4, -0.2) is 23.2 Å². The van der Waals surface area contributed by atoms with E-state index in [1.54, 1.807) is 0 Å². The molecule has 0 aliphatic heterocycles. The van der Waals surface area contributed by atoms with Crippen LogP contribution in [0.4, 0.5) is 4.39 Å². The fourth-order valence-electron chi connectivity index (χ4n) is 1.62. The maximum atomic E-state index is 13.0. The molecule has 104 valence electrons. The molecule has 0 radical (unpaired) electrons. The normalized spacial score (nSPS) is 10.1. The Balaban J connectivity index is 2.19. The van der Waals surface area contributed by atoms with Crippen LogP contribution >= 0.6 is 0 Å². The molecular weight excluding hydrogens is 265 g/mol. The van der Waals surface area contributed by atoms with Crippen molar-refractivity contribution in [1.82, 2.24) is 4.98 Å². The summed E-state index contributed by atoms with van der Waals surface area (Å²) in [6.45, 7) is 0.0597. The van der Waals surface area contributed by atoms with Crippen molar-refractivity contribution in [2.45, 2.75) is 6.61 Å². The van der Waals surface area contributed by atoms with Crippen LogP contribution in [0.3, 0.4) is 0 Å². The zero-order valence-corrected chi connectivity index (χ0v) is 10.7. The first-order valence-corrected chi connectivity index (χ1v) is 5.73. The molecule has 20 heavy (non-hydrogen) atoms. The molecule has 1 heterocycles. The molecule has 0 saturated carbocycles. The lowest BCUT2D eigenvalue weighted by atomic mass is 10.2. The lowest BCUT2D eigenvalue weighted by Crippen LogP contribution is -2.02. The summed E-state index contributed by atoms with van der Waals surface area (Å²) in [6.07, 6.45) is 2.56. The average Bonchev–Trinajstić information content (AvgIpc) is 2.44. The summed E-state index contributed by atoms with van der Waals surface area (Å²) in [5.74, 6) is -0.849. The number of pyridine rings is 1. The minimum absolute atomic E-state index is 0.0597. The van der Waals surface area contributed by atoms with E-state index in [-0.39, 0.29) is 17.9 Å². The van der Waals surface area contributed by atoms with E-state index in [2.05, 4.69) is 4.98 Å². The van der Waals surface area contributed by atoms with E-state index >= 15 is 0 Å². The van der Waals surface area contributed by atoms with Gasteiger partial charge >= 0.3 is 5.97 Å². The van der Waals surface area contributed by atoms with Crippen molar-refractivity contribution in [3.05, 3.63) is 53.6 Å². The number of hydrogen-bond donors (Lipinski definition) is 1. The maximum absolute atomic E-state index is 13.0. The largest absolute Gasteiger partial charge is 0.493 e. The van der Waals surface area contributed by atoms with Crippen molar-refractivity contribution >= 4 is 5.97 Å². The first kappa shape index (κ1) is 13.8. The van der Waals surface area contributed by atoms with Gasteiger partial charge < -0.3 is 14.6 Å². The lowest BCUT2D eigenvalue weighted by molar-refractivity contribution is 0.0696. The van der Waals surface area contributed by atoms with Crippen LogP contribution in [0.1, 0.15) is 15.9 Å². The Morgan fingerprint density at radius 3 is 2.75 bits per heavy atom. The summed E-state index contributed by atoms with van der Waals surface area (Å²) < 4.78 is 23.5. The first-order chi connectivity index (χ1) is 9.60. The number of hydrogen-bond acceptors (Lipinski definition) is 4. The van der Waals surface area contributed by atoms with E-state index < -0.39 is 11.8 Å². The molecule has 0 bridgehead atoms. The number of nitrogens with zero attached hydrogens (tertiary/aromatic N) is 1. The van der Waals surface area contributed by atoms with Crippen molar-refractivity contribution in [3.63, 3.8) is 0 Å². The summed E-state index contributed by atoms with van der Waals surface area (Å²) >= 11 is 0. The summed E-state index contributed by atoms with van der Waals surface area (Å²) in [5.41, 5.74) is 0.617. The molecule has 6 heteroatoms. The maximum Gasteiger partial charge on any atom is 0.335 e. The zero-order chi connectivity index (χ0) is 14.5. The monoisotopic (exact) mass is 277 g/mol. The molecule has 0 saturated heterocycles. The van der Waals surface area contributed by atoms with Crippen molar-refractivity contribution < 1.29 is 23.8 Å². The van der Waals surface area contributed by atoms with Gasteiger partial charge in [0.25, 0.3) is 0 Å².